The van der Waals surface area contributed by atoms with Crippen LogP contribution < -0.4 is 0 Å². The number of rotatable bonds is 2. The number of hydrogen-bond donors (Lipinski definition) is 2. The van der Waals surface area contributed by atoms with Crippen LogP contribution in [-0.2, 0) is 4.79 Å². The van der Waals surface area contributed by atoms with Crippen LogP contribution in [0.4, 0.5) is 4.39 Å². The van der Waals surface area contributed by atoms with Crippen LogP contribution in [0.3, 0.4) is 0 Å². The number of aromatic amines is 1. The maximum absolute atomic E-state index is 14.0. The predicted octanol–water partition coefficient (Wildman–Crippen LogP) is 2.57. The van der Waals surface area contributed by atoms with Gasteiger partial charge in [-0.15, -0.1) is 0 Å². The number of alkyl halides is 1. The Bertz CT molecular complexity index is 745. The van der Waals surface area contributed by atoms with Crippen molar-refractivity contribution >= 4 is 38.7 Å². The first kappa shape index (κ1) is 14.1. The molecule has 1 amide bonds. The number of halogens is 2. The average molecular weight is 355 g/mol. The summed E-state index contributed by atoms with van der Waals surface area (Å²) in [4.78, 5) is 27.4. The average Bonchev–Trinajstić information content (AvgIpc) is 3.02. The van der Waals surface area contributed by atoms with Crippen molar-refractivity contribution in [3.05, 3.63) is 34.4 Å². The molecule has 2 heterocycles. The maximum Gasteiger partial charge on any atom is 0.343 e. The number of likely N-dealkylation sites (tertiary alicyclic amines) is 1. The molecular weight excluding hydrogens is 343 g/mol. The van der Waals surface area contributed by atoms with Crippen LogP contribution in [0.15, 0.2) is 28.7 Å². The van der Waals surface area contributed by atoms with Gasteiger partial charge in [0.25, 0.3) is 5.91 Å². The molecule has 7 heteroatoms. The van der Waals surface area contributed by atoms with Crippen LogP contribution in [-0.4, -0.2) is 45.6 Å². The number of benzene rings is 1. The van der Waals surface area contributed by atoms with E-state index >= 15 is 0 Å². The molecule has 110 valence electrons. The van der Waals surface area contributed by atoms with Gasteiger partial charge in [-0.1, -0.05) is 22.0 Å². The summed E-state index contributed by atoms with van der Waals surface area (Å²) >= 11 is 3.35. The zero-order chi connectivity index (χ0) is 15.2. The van der Waals surface area contributed by atoms with Crippen molar-refractivity contribution < 1.29 is 19.1 Å². The molecule has 1 atom stereocenters. The Morgan fingerprint density at radius 2 is 2.14 bits per heavy atom. The number of nitrogens with one attached hydrogen (secondary N) is 1. The van der Waals surface area contributed by atoms with Crippen molar-refractivity contribution in [2.75, 3.05) is 13.1 Å². The zero-order valence-corrected chi connectivity index (χ0v) is 12.5. The molecule has 1 fully saturated rings. The van der Waals surface area contributed by atoms with E-state index in [1.807, 2.05) is 18.2 Å². The minimum atomic E-state index is -2.34. The predicted molar refractivity (Wildman–Crippen MR) is 78.0 cm³/mol. The summed E-state index contributed by atoms with van der Waals surface area (Å²) in [5.41, 5.74) is -1.22. The highest BCUT2D eigenvalue weighted by atomic mass is 79.9. The Kier molecular flexibility index (Phi) is 3.24. The SMILES string of the molecule is O=C(c1cc2ccc(Br)cc2[nH]1)N1CCC(F)(C(=O)O)C1. The molecule has 1 aliphatic heterocycles. The van der Waals surface area contributed by atoms with Crippen molar-refractivity contribution in [1.82, 2.24) is 9.88 Å². The van der Waals surface area contributed by atoms with E-state index in [0.29, 0.717) is 5.69 Å². The van der Waals surface area contributed by atoms with E-state index in [-0.39, 0.29) is 18.9 Å². The third kappa shape index (κ3) is 2.42. The molecule has 1 aliphatic rings. The summed E-state index contributed by atoms with van der Waals surface area (Å²) in [6.45, 7) is -0.319. The van der Waals surface area contributed by atoms with E-state index < -0.39 is 18.2 Å². The number of fused-ring (bicyclic) bond motifs is 1. The van der Waals surface area contributed by atoms with Gasteiger partial charge in [-0.2, -0.15) is 0 Å². The molecule has 1 aromatic carbocycles. The van der Waals surface area contributed by atoms with E-state index in [2.05, 4.69) is 20.9 Å². The van der Waals surface area contributed by atoms with Crippen LogP contribution in [0.25, 0.3) is 10.9 Å². The quantitative estimate of drug-likeness (QED) is 0.870. The summed E-state index contributed by atoms with van der Waals surface area (Å²) in [5, 5.41) is 9.73. The molecule has 1 unspecified atom stereocenters. The van der Waals surface area contributed by atoms with Crippen molar-refractivity contribution in [2.24, 2.45) is 0 Å². The molecule has 5 nitrogen and oxygen atoms in total. The molecule has 0 spiro atoms. The zero-order valence-electron chi connectivity index (χ0n) is 10.9. The minimum absolute atomic E-state index is 0.0979. The second-order valence-electron chi connectivity index (χ2n) is 5.16. The molecule has 0 bridgehead atoms. The Balaban J connectivity index is 1.86. The van der Waals surface area contributed by atoms with Gasteiger partial charge < -0.3 is 15.0 Å². The summed E-state index contributed by atoms with van der Waals surface area (Å²) in [5.74, 6) is -1.90. The molecule has 2 N–H and O–H groups in total. The lowest BCUT2D eigenvalue weighted by atomic mass is 10.1. The third-order valence-electron chi connectivity index (χ3n) is 3.70. The van der Waals surface area contributed by atoms with Gasteiger partial charge >= 0.3 is 5.97 Å². The highest BCUT2D eigenvalue weighted by molar-refractivity contribution is 9.10. The Hall–Kier alpha value is -1.89. The number of aliphatic carboxylic acids is 1. The lowest BCUT2D eigenvalue weighted by Gasteiger charge is -2.16. The molecule has 0 radical (unpaired) electrons. The molecule has 2 aromatic rings. The number of nitrogens with zero attached hydrogens (tertiary/aromatic N) is 1. The summed E-state index contributed by atoms with van der Waals surface area (Å²) in [6, 6.07) is 7.24. The third-order valence-corrected chi connectivity index (χ3v) is 4.20. The maximum atomic E-state index is 14.0. The number of amides is 1. The van der Waals surface area contributed by atoms with Gasteiger partial charge in [0.1, 0.15) is 5.69 Å². The standard InChI is InChI=1S/C14H12BrFN2O3/c15-9-2-1-8-5-11(17-10(8)6-9)12(19)18-4-3-14(16,7-18)13(20)21/h1-2,5-6,17H,3-4,7H2,(H,20,21). The minimum Gasteiger partial charge on any atom is -0.479 e. The Morgan fingerprint density at radius 3 is 2.81 bits per heavy atom. The second kappa shape index (κ2) is 4.84. The summed E-state index contributed by atoms with van der Waals surface area (Å²) in [7, 11) is 0. The smallest absolute Gasteiger partial charge is 0.343 e. The topological polar surface area (TPSA) is 73.4 Å². The number of carboxylic acids is 1. The molecule has 3 rings (SSSR count). The Labute approximate surface area is 127 Å². The number of carboxylic acid groups (broad SMARTS) is 1. The Morgan fingerprint density at radius 1 is 1.38 bits per heavy atom. The van der Waals surface area contributed by atoms with E-state index in [1.54, 1.807) is 6.07 Å². The summed E-state index contributed by atoms with van der Waals surface area (Å²) in [6.07, 6.45) is -0.181. The first-order chi connectivity index (χ1) is 9.89. The monoisotopic (exact) mass is 354 g/mol. The summed E-state index contributed by atoms with van der Waals surface area (Å²) < 4.78 is 14.9. The van der Waals surface area contributed by atoms with Crippen molar-refractivity contribution in [2.45, 2.75) is 12.1 Å². The van der Waals surface area contributed by atoms with Crippen LogP contribution in [0.1, 0.15) is 16.9 Å². The molecule has 21 heavy (non-hydrogen) atoms. The molecule has 0 saturated carbocycles. The molecule has 1 saturated heterocycles. The van der Waals surface area contributed by atoms with E-state index in [4.69, 9.17) is 5.11 Å². The van der Waals surface area contributed by atoms with Crippen molar-refractivity contribution in [1.29, 1.82) is 0 Å². The second-order valence-corrected chi connectivity index (χ2v) is 6.08. The first-order valence-electron chi connectivity index (χ1n) is 6.39. The fourth-order valence-electron chi connectivity index (χ4n) is 2.51. The lowest BCUT2D eigenvalue weighted by Crippen LogP contribution is -2.39. The first-order valence-corrected chi connectivity index (χ1v) is 7.18. The van der Waals surface area contributed by atoms with Crippen molar-refractivity contribution in [3.63, 3.8) is 0 Å². The van der Waals surface area contributed by atoms with Gasteiger partial charge in [0.15, 0.2) is 0 Å². The number of aromatic nitrogens is 1. The van der Waals surface area contributed by atoms with Gasteiger partial charge in [-0.05, 0) is 18.2 Å². The van der Waals surface area contributed by atoms with Gasteiger partial charge in [-0.25, -0.2) is 9.18 Å². The van der Waals surface area contributed by atoms with E-state index in [9.17, 15) is 14.0 Å². The normalized spacial score (nSPS) is 21.9. The number of carbonyl (C=O) groups excluding carboxylic acids is 1. The number of hydrogen-bond acceptors (Lipinski definition) is 2. The number of H-pyrrole nitrogens is 1. The molecular formula is C14H12BrFN2O3. The lowest BCUT2D eigenvalue weighted by molar-refractivity contribution is -0.149. The fourth-order valence-corrected chi connectivity index (χ4v) is 2.87. The largest absolute Gasteiger partial charge is 0.479 e. The van der Waals surface area contributed by atoms with Crippen LogP contribution >= 0.6 is 15.9 Å². The number of carbonyl (C=O) groups is 2. The van der Waals surface area contributed by atoms with Gasteiger partial charge in [-0.3, -0.25) is 4.79 Å². The molecule has 0 aliphatic carbocycles. The fraction of sp³-hybridized carbons (Fsp3) is 0.286. The van der Waals surface area contributed by atoms with Crippen molar-refractivity contribution in [3.8, 4) is 0 Å². The van der Waals surface area contributed by atoms with E-state index in [1.165, 1.54) is 4.90 Å². The molecule has 1 aromatic heterocycles. The highest BCUT2D eigenvalue weighted by Gasteiger charge is 2.47. The van der Waals surface area contributed by atoms with Crippen LogP contribution in [0.2, 0.25) is 0 Å². The van der Waals surface area contributed by atoms with Crippen LogP contribution in [0.5, 0.6) is 0 Å². The highest BCUT2D eigenvalue weighted by Crippen LogP contribution is 2.28. The van der Waals surface area contributed by atoms with Crippen LogP contribution in [0, 0.1) is 0 Å². The van der Waals surface area contributed by atoms with E-state index in [0.717, 1.165) is 15.4 Å². The van der Waals surface area contributed by atoms with Gasteiger partial charge in [0, 0.05) is 28.3 Å². The van der Waals surface area contributed by atoms with Gasteiger partial charge in [0.2, 0.25) is 5.67 Å². The van der Waals surface area contributed by atoms with Gasteiger partial charge in [0.05, 0.1) is 6.54 Å².